The van der Waals surface area contributed by atoms with E-state index in [0.717, 1.165) is 158 Å². The summed E-state index contributed by atoms with van der Waals surface area (Å²) in [6, 6.07) is 7.87. The Labute approximate surface area is 917 Å². The number of aldehydes is 1. The average molecular weight is 2480 g/mol. The Bertz CT molecular complexity index is 4190. The number of thiocarbonyl (C=S) groups is 1. The van der Waals surface area contributed by atoms with Crippen molar-refractivity contribution >= 4 is 152 Å². The molecule has 0 aliphatic carbocycles. The van der Waals surface area contributed by atoms with E-state index in [9.17, 15) is 57.5 Å². The Morgan fingerprint density at radius 1 is 0.428 bits per heavy atom. The minimum atomic E-state index is -0.906. The monoisotopic (exact) mass is 2480 g/mol. The van der Waals surface area contributed by atoms with E-state index in [1.165, 1.54) is 42.7 Å². The number of unbranched alkanes of at least 4 members (excludes halogenated alkanes) is 5. The number of rotatable bonds is 54. The predicted octanol–water partition coefficient (Wildman–Crippen LogP) is 16.5. The van der Waals surface area contributed by atoms with Gasteiger partial charge in [-0.1, -0.05) is 129 Å². The number of halogens is 1. The summed E-state index contributed by atoms with van der Waals surface area (Å²) in [4.78, 5) is 152. The Hall–Kier alpha value is -6.06. The number of esters is 6. The molecule has 0 aromatic carbocycles. The van der Waals surface area contributed by atoms with Gasteiger partial charge in [0.1, 0.15) is 17.9 Å². The van der Waals surface area contributed by atoms with Gasteiger partial charge in [-0.2, -0.15) is 5.26 Å². The number of carboxylic acid groups (broad SMARTS) is 2. The van der Waals surface area contributed by atoms with E-state index in [2.05, 4.69) is 88.3 Å². The third-order valence-electron chi connectivity index (χ3n) is 19.1. The second-order valence-corrected chi connectivity index (χ2v) is 43.3. The van der Waals surface area contributed by atoms with E-state index in [1.807, 2.05) is 85.0 Å². The summed E-state index contributed by atoms with van der Waals surface area (Å²) < 4.78 is 27.6. The van der Waals surface area contributed by atoms with Crippen LogP contribution in [0.25, 0.3) is 0 Å². The molecule has 5 aromatic rings. The summed E-state index contributed by atoms with van der Waals surface area (Å²) in [7, 11) is 8.29. The van der Waals surface area contributed by atoms with Crippen LogP contribution in [0, 0.1) is 143 Å². The van der Waals surface area contributed by atoms with Crippen molar-refractivity contribution in [1.82, 2.24) is 24.9 Å². The first-order valence-corrected chi connectivity index (χ1v) is 49.5. The fourth-order valence-corrected chi connectivity index (χ4v) is 17.2. The van der Waals surface area contributed by atoms with Gasteiger partial charge in [0.05, 0.1) is 154 Å². The molecule has 0 saturated heterocycles. The second kappa shape index (κ2) is 79.3. The molecule has 41 heteroatoms. The topological polar surface area (TPSA) is 540 Å². The molecule has 0 aliphatic heterocycles. The number of nitrogens with one attached hydrogen (secondary N) is 1. The van der Waals surface area contributed by atoms with Gasteiger partial charge in [-0.25, -0.2) is 24.9 Å². The molecule has 5 aromatic heterocycles. The van der Waals surface area contributed by atoms with E-state index in [0.29, 0.717) is 75.6 Å². The summed E-state index contributed by atoms with van der Waals surface area (Å²) in [5.74, 6) is -2.79. The van der Waals surface area contributed by atoms with Crippen molar-refractivity contribution in [3.63, 3.8) is 0 Å². The number of aliphatic hydroxyl groups excluding tert-OH is 3. The van der Waals surface area contributed by atoms with Gasteiger partial charge in [-0.05, 0) is 139 Å². The number of Topliss-reactive ketones (excluding diaryl/α,β-unsaturated/α-hetero) is 1. The van der Waals surface area contributed by atoms with Crippen molar-refractivity contribution in [3.05, 3.63) is 88.7 Å². The number of aliphatic hydroxyl groups is 3. The van der Waals surface area contributed by atoms with E-state index in [1.54, 1.807) is 79.2 Å². The number of aromatic nitrogens is 5. The van der Waals surface area contributed by atoms with Gasteiger partial charge >= 0.3 is 47.8 Å². The maximum Gasteiger partial charge on any atom is 0.306 e. The number of pyridine rings is 1. The molecule has 0 atom stereocenters. The zero-order valence-corrected chi connectivity index (χ0v) is 100. The number of ketones is 1. The summed E-state index contributed by atoms with van der Waals surface area (Å²) in [5, 5.41) is 67.3. The van der Waals surface area contributed by atoms with Crippen LogP contribution >= 0.6 is 69.2 Å². The third kappa shape index (κ3) is 85.5. The number of nitrogens with zero attached hydrogens (tertiary/aromatic N) is 6. The second-order valence-electron chi connectivity index (χ2n) is 38.7. The normalized spacial score (nSPS) is 11.0. The number of thiazole rings is 4. The molecule has 33 nitrogen and oxygen atoms in total. The largest absolute Gasteiger partial charge is 0.481 e. The molecule has 778 valence electrons. The van der Waals surface area contributed by atoms with Crippen LogP contribution in [0.2, 0.25) is 0 Å². The number of ether oxygens (including phenoxy) is 6. The van der Waals surface area contributed by atoms with Crippen molar-refractivity contribution in [1.29, 1.82) is 5.26 Å². The van der Waals surface area contributed by atoms with E-state index < -0.39 is 34.6 Å². The van der Waals surface area contributed by atoms with Crippen LogP contribution in [0.5, 0.6) is 0 Å². The fourth-order valence-electron chi connectivity index (χ4n) is 12.4. The van der Waals surface area contributed by atoms with Crippen molar-refractivity contribution < 1.29 is 200 Å². The first-order valence-electron chi connectivity index (χ1n) is 45.0. The van der Waals surface area contributed by atoms with Crippen molar-refractivity contribution in [3.8, 4) is 6.07 Å². The van der Waals surface area contributed by atoms with E-state index >= 15 is 0 Å². The van der Waals surface area contributed by atoms with Gasteiger partial charge in [0.25, 0.3) is 0 Å². The standard InChI is InChI=1S/C18H25N3O2S.2C14H23NO3S.C14H21NO3S.C8H15NO3.C8H15NO2S.C8H13NO2.C7H13NO3.C6H11ClO2.2Ac/c1-18(2,12-17(22)23)11-16-21-14(13-24-16)7-3-5-9-19-15-8-4-6-10-20-15;3*1-14(2,9-13(17)18-3)8-12-15-11(10-19-12)6-4-5-7-16;1-8(2,4-6(9)10)5-7(11)12-3;1-8(2,4-6(9)12)5-7(10)11-3;1-8(2,4-5-9)6-7(10)11-3;1-7(2,3-5(8)9)4-6(10)11;7-5-6(9)3-1-2-4-8;;/h4,6,8,10,13H,3,5,7,9,11-12H2,1-2H3,(H,19,20)(H,22,23);2*10,16H,4-9H2,1-3H3;7,10H,4-6,8-9H2,1-3H3;4-5H2,1-3H3,(H2,9,10);4-5H2,1-3H3,(H2,9,12);4,6H2,1-3H3;3-4H2,1-2H3,(H2,8,9)(H,10,11);8H,1-5H2;;. The number of carboxylic acids is 2. The van der Waals surface area contributed by atoms with Gasteiger partial charge in [0.2, 0.25) is 11.8 Å². The zero-order chi connectivity index (χ0) is 105. The summed E-state index contributed by atoms with van der Waals surface area (Å²) in [5.41, 5.74) is 17.6. The number of alkyl halides is 1. The Morgan fingerprint density at radius 2 is 0.717 bits per heavy atom. The van der Waals surface area contributed by atoms with Gasteiger partial charge in [-0.3, -0.25) is 52.7 Å². The maximum absolute atomic E-state index is 11.3. The number of hydrogen-bond donors (Lipinski definition) is 9. The number of methoxy groups -OCH3 is 6. The molecule has 0 saturated carbocycles. The van der Waals surface area contributed by atoms with Gasteiger partial charge in [0, 0.05) is 206 Å². The number of carbonyl (C=O) groups excluding carboxylic acids is 10. The Balaban J connectivity index is -0.000000360. The minimum absolute atomic E-state index is 0. The smallest absolute Gasteiger partial charge is 0.306 e. The summed E-state index contributed by atoms with van der Waals surface area (Å²) in [6.45, 7) is 32.4. The van der Waals surface area contributed by atoms with Crippen LogP contribution in [0.15, 0.2) is 45.9 Å². The van der Waals surface area contributed by atoms with Crippen LogP contribution in [-0.4, -0.2) is 202 Å². The first-order chi connectivity index (χ1) is 63.2. The fraction of sp³-hybridized carbons (Fsp3) is 0.680. The average Bonchev–Trinajstić information content (AvgIpc) is 1.73. The molecular formula is C97H159Ac2ClN10O23S5. The van der Waals surface area contributed by atoms with Crippen molar-refractivity contribution in [2.24, 2.45) is 60.5 Å². The molecule has 2 radical (unpaired) electrons. The molecule has 0 aliphatic rings. The van der Waals surface area contributed by atoms with E-state index in [4.69, 9.17) is 86.0 Å². The predicted molar refractivity (Wildman–Crippen MR) is 538 cm³/mol. The zero-order valence-electron chi connectivity index (χ0n) is 85.7. The van der Waals surface area contributed by atoms with Crippen LogP contribution in [0.3, 0.4) is 0 Å². The maximum atomic E-state index is 11.3. The minimum Gasteiger partial charge on any atom is -0.481 e. The number of nitrogens with two attached hydrogens (primary N) is 3. The van der Waals surface area contributed by atoms with E-state index in [-0.39, 0.29) is 220 Å². The van der Waals surface area contributed by atoms with Crippen LogP contribution in [-0.2, 0) is 137 Å². The molecule has 0 fully saturated rings. The molecule has 5 heterocycles. The van der Waals surface area contributed by atoms with Crippen molar-refractivity contribution in [2.75, 3.05) is 80.2 Å². The number of hydrogen-bond acceptors (Lipinski definition) is 33. The van der Waals surface area contributed by atoms with Crippen molar-refractivity contribution in [2.45, 2.75) is 310 Å². The molecule has 138 heavy (non-hydrogen) atoms. The van der Waals surface area contributed by atoms with Crippen LogP contribution in [0.1, 0.15) is 301 Å². The molecule has 5 rings (SSSR count). The molecular weight excluding hydrogens is 2320 g/mol. The number of primary amides is 2. The van der Waals surface area contributed by atoms with Crippen LogP contribution < -0.4 is 22.5 Å². The number of aryl methyl sites for hydroxylation is 4. The van der Waals surface area contributed by atoms with Gasteiger partial charge < -0.3 is 81.3 Å². The Morgan fingerprint density at radius 3 is 1.00 bits per heavy atom. The summed E-state index contributed by atoms with van der Waals surface area (Å²) in [6.07, 6.45) is 21.9. The SMILES string of the molecule is CC(C)(CC(=O)O)Cc1nc(CCCCNc2ccccn2)cs1.CC(C)(CC(N)=O)CC(=O)O.COC(=O)CC(C)(C)CC#N.COC(=O)CC(C)(C)CC(N)=O.COC(=O)CC(C)(C)CC(N)=S.COC(=O)CC(C)(C)Cc1nc(CCCC=O)cs1.COC(=O)CC(C)(C)Cc1nc(CCCCO)cs1.COC(=O)CC(C)(C)Cc1nc(CCCCO)cs1.O=C(CCl)CCCCO.[Ac].[Ac]. The molecule has 0 unspecified atom stereocenters. The molecule has 0 bridgehead atoms. The Kier molecular flexibility index (Phi) is 82.0. The molecule has 12 N–H and O–H groups in total. The molecule has 2 amide bonds. The van der Waals surface area contributed by atoms with Gasteiger partial charge in [-0.15, -0.1) is 56.9 Å². The van der Waals surface area contributed by atoms with Gasteiger partial charge in [0.15, 0.2) is 0 Å². The first kappa shape index (κ1) is 143. The number of aliphatic carboxylic acids is 2. The number of anilines is 1. The molecule has 0 spiro atoms. The number of amides is 2. The quantitative estimate of drug-likeness (QED) is 0.00436. The number of nitriles is 1. The van der Waals surface area contributed by atoms with Crippen LogP contribution in [0.4, 0.5) is 5.82 Å². The summed E-state index contributed by atoms with van der Waals surface area (Å²) >= 11 is 16.5. The number of carbonyl (C=O) groups is 12. The third-order valence-corrected chi connectivity index (χ3v) is 23.1.